The van der Waals surface area contributed by atoms with Crippen LogP contribution in [0.3, 0.4) is 0 Å². The van der Waals surface area contributed by atoms with Crippen LogP contribution in [0.1, 0.15) is 38.1 Å². The molecule has 4 nitrogen and oxygen atoms in total. The number of aryl methyl sites for hydroxylation is 1. The summed E-state index contributed by atoms with van der Waals surface area (Å²) >= 11 is 5.69. The molecule has 0 saturated heterocycles. The number of rotatable bonds is 2. The van der Waals surface area contributed by atoms with Crippen LogP contribution in [-0.4, -0.2) is 20.1 Å². The second-order valence-electron chi connectivity index (χ2n) is 5.22. The lowest BCUT2D eigenvalue weighted by molar-refractivity contribution is 0.200. The van der Waals surface area contributed by atoms with Gasteiger partial charge in [0.1, 0.15) is 17.0 Å². The van der Waals surface area contributed by atoms with E-state index in [4.69, 9.17) is 11.6 Å². The Morgan fingerprint density at radius 1 is 1.08 bits per heavy atom. The van der Waals surface area contributed by atoms with Crippen LogP contribution in [0.15, 0.2) is 24.4 Å². The van der Waals surface area contributed by atoms with Gasteiger partial charge in [-0.2, -0.15) is 0 Å². The van der Waals surface area contributed by atoms with Crippen molar-refractivity contribution < 1.29 is 13.9 Å². The maximum atomic E-state index is 14.4. The van der Waals surface area contributed by atoms with Crippen LogP contribution >= 0.6 is 11.6 Å². The highest BCUT2D eigenvalue weighted by atomic mass is 35.5. The molecule has 3 aromatic rings. The SMILES string of the molecule is CC.Cc1cc(C(C)O)c2cc(-c3nc(Cl)ncc3F)cc(F)c2n1. The quantitative estimate of drug-likeness (QED) is 0.648. The van der Waals surface area contributed by atoms with Gasteiger partial charge in [-0.3, -0.25) is 4.98 Å². The number of aromatic nitrogens is 3. The van der Waals surface area contributed by atoms with E-state index in [9.17, 15) is 13.9 Å². The topological polar surface area (TPSA) is 58.9 Å². The van der Waals surface area contributed by atoms with Gasteiger partial charge in [-0.05, 0) is 49.2 Å². The molecule has 0 aliphatic carbocycles. The van der Waals surface area contributed by atoms with Crippen LogP contribution < -0.4 is 0 Å². The largest absolute Gasteiger partial charge is 0.389 e. The monoisotopic (exact) mass is 365 g/mol. The first-order valence-electron chi connectivity index (χ1n) is 7.84. The summed E-state index contributed by atoms with van der Waals surface area (Å²) in [5.41, 5.74) is 1.29. The van der Waals surface area contributed by atoms with Gasteiger partial charge in [0.05, 0.1) is 12.3 Å². The van der Waals surface area contributed by atoms with Crippen molar-refractivity contribution in [3.8, 4) is 11.3 Å². The highest BCUT2D eigenvalue weighted by Gasteiger charge is 2.17. The number of hydrogen-bond acceptors (Lipinski definition) is 4. The van der Waals surface area contributed by atoms with Crippen molar-refractivity contribution in [2.24, 2.45) is 0 Å². The zero-order chi connectivity index (χ0) is 18.7. The third-order valence-electron chi connectivity index (χ3n) is 3.47. The second-order valence-corrected chi connectivity index (χ2v) is 5.56. The average molecular weight is 366 g/mol. The number of halogens is 3. The van der Waals surface area contributed by atoms with E-state index in [0.717, 1.165) is 12.3 Å². The molecule has 2 heterocycles. The summed E-state index contributed by atoms with van der Waals surface area (Å²) in [5, 5.41) is 10.2. The van der Waals surface area contributed by atoms with E-state index < -0.39 is 17.7 Å². The van der Waals surface area contributed by atoms with Crippen molar-refractivity contribution >= 4 is 22.5 Å². The molecule has 0 spiro atoms. The van der Waals surface area contributed by atoms with Gasteiger partial charge in [0.2, 0.25) is 5.28 Å². The first-order valence-corrected chi connectivity index (χ1v) is 8.22. The van der Waals surface area contributed by atoms with Crippen molar-refractivity contribution in [3.63, 3.8) is 0 Å². The Kier molecular flexibility index (Phi) is 5.98. The standard InChI is InChI=1S/C16H12ClF2N3O.C2H6/c1-7-3-10(8(2)23)11-4-9(5-12(18)15(11)21-7)14-13(19)6-20-16(17)22-14;1-2/h3-6,8,23H,1-2H3;1-2H3. The van der Waals surface area contributed by atoms with Gasteiger partial charge in [0, 0.05) is 16.6 Å². The zero-order valence-corrected chi connectivity index (χ0v) is 15.1. The molecule has 0 fully saturated rings. The summed E-state index contributed by atoms with van der Waals surface area (Å²) in [4.78, 5) is 11.5. The Balaban J connectivity index is 0.00000109. The Morgan fingerprint density at radius 2 is 1.76 bits per heavy atom. The van der Waals surface area contributed by atoms with Crippen LogP contribution in [0, 0.1) is 18.6 Å². The molecule has 0 aliphatic rings. The molecule has 0 aliphatic heterocycles. The van der Waals surface area contributed by atoms with Crippen LogP contribution in [0.4, 0.5) is 8.78 Å². The third-order valence-corrected chi connectivity index (χ3v) is 3.65. The summed E-state index contributed by atoms with van der Waals surface area (Å²) in [5.74, 6) is -1.34. The lowest BCUT2D eigenvalue weighted by atomic mass is 10.00. The smallest absolute Gasteiger partial charge is 0.223 e. The maximum Gasteiger partial charge on any atom is 0.223 e. The Hall–Kier alpha value is -2.18. The van der Waals surface area contributed by atoms with E-state index in [2.05, 4.69) is 15.0 Å². The predicted molar refractivity (Wildman–Crippen MR) is 94.4 cm³/mol. The third kappa shape index (κ3) is 3.91. The lowest BCUT2D eigenvalue weighted by Crippen LogP contribution is -2.00. The van der Waals surface area contributed by atoms with Gasteiger partial charge in [-0.15, -0.1) is 0 Å². The summed E-state index contributed by atoms with van der Waals surface area (Å²) < 4.78 is 28.4. The summed E-state index contributed by atoms with van der Waals surface area (Å²) in [6.45, 7) is 7.28. The minimum atomic E-state index is -0.826. The minimum Gasteiger partial charge on any atom is -0.389 e. The van der Waals surface area contributed by atoms with E-state index in [1.807, 2.05) is 13.8 Å². The number of aliphatic hydroxyl groups is 1. The van der Waals surface area contributed by atoms with Crippen LogP contribution in [0.25, 0.3) is 22.2 Å². The van der Waals surface area contributed by atoms with Crippen molar-refractivity contribution in [3.05, 3.63) is 52.6 Å². The summed E-state index contributed by atoms with van der Waals surface area (Å²) in [7, 11) is 0. The molecule has 2 aromatic heterocycles. The number of nitrogens with zero attached hydrogens (tertiary/aromatic N) is 3. The molecular weight excluding hydrogens is 348 g/mol. The molecule has 7 heteroatoms. The molecule has 1 aromatic carbocycles. The van der Waals surface area contributed by atoms with Gasteiger partial charge < -0.3 is 5.11 Å². The number of aliphatic hydroxyl groups excluding tert-OH is 1. The average Bonchev–Trinajstić information content (AvgIpc) is 2.58. The van der Waals surface area contributed by atoms with Gasteiger partial charge in [-0.1, -0.05) is 13.8 Å². The van der Waals surface area contributed by atoms with Crippen LogP contribution in [-0.2, 0) is 0 Å². The molecule has 1 unspecified atom stereocenters. The molecule has 0 amide bonds. The number of pyridine rings is 1. The number of hydrogen-bond donors (Lipinski definition) is 1. The predicted octanol–water partition coefficient (Wildman–Crippen LogP) is 5.01. The van der Waals surface area contributed by atoms with Gasteiger partial charge in [-0.25, -0.2) is 18.7 Å². The van der Waals surface area contributed by atoms with E-state index in [0.29, 0.717) is 16.6 Å². The molecule has 3 rings (SSSR count). The summed E-state index contributed by atoms with van der Waals surface area (Å²) in [6.07, 6.45) is 0.100. The van der Waals surface area contributed by atoms with Crippen molar-refractivity contribution in [1.29, 1.82) is 0 Å². The molecule has 25 heavy (non-hydrogen) atoms. The van der Waals surface area contributed by atoms with Crippen LogP contribution in [0.5, 0.6) is 0 Å². The van der Waals surface area contributed by atoms with Gasteiger partial charge in [0.25, 0.3) is 0 Å². The first kappa shape index (κ1) is 19.1. The molecule has 1 atom stereocenters. The highest BCUT2D eigenvalue weighted by Crippen LogP contribution is 2.31. The van der Waals surface area contributed by atoms with Gasteiger partial charge >= 0.3 is 0 Å². The number of fused-ring (bicyclic) bond motifs is 1. The maximum absolute atomic E-state index is 14.4. The first-order chi connectivity index (χ1) is 11.9. The highest BCUT2D eigenvalue weighted by molar-refractivity contribution is 6.28. The molecular formula is C18H18ClF2N3O. The van der Waals surface area contributed by atoms with E-state index in [-0.39, 0.29) is 22.1 Å². The Labute approximate surface area is 149 Å². The van der Waals surface area contributed by atoms with E-state index in [1.165, 1.54) is 6.07 Å². The van der Waals surface area contributed by atoms with Gasteiger partial charge in [0.15, 0.2) is 5.82 Å². The second kappa shape index (κ2) is 7.80. The Morgan fingerprint density at radius 3 is 2.40 bits per heavy atom. The van der Waals surface area contributed by atoms with Crippen LogP contribution in [0.2, 0.25) is 5.28 Å². The molecule has 0 radical (unpaired) electrons. The fourth-order valence-corrected chi connectivity index (χ4v) is 2.61. The zero-order valence-electron chi connectivity index (χ0n) is 14.3. The summed E-state index contributed by atoms with van der Waals surface area (Å²) in [6, 6.07) is 4.34. The van der Waals surface area contributed by atoms with Crippen molar-refractivity contribution in [1.82, 2.24) is 15.0 Å². The minimum absolute atomic E-state index is 0.108. The van der Waals surface area contributed by atoms with Crippen molar-refractivity contribution in [2.75, 3.05) is 0 Å². The number of benzene rings is 1. The lowest BCUT2D eigenvalue weighted by Gasteiger charge is -2.12. The van der Waals surface area contributed by atoms with E-state index in [1.54, 1.807) is 19.9 Å². The molecule has 0 bridgehead atoms. The fourth-order valence-electron chi connectivity index (χ4n) is 2.47. The normalized spacial score (nSPS) is 11.8. The molecule has 0 saturated carbocycles. The molecule has 132 valence electrons. The van der Waals surface area contributed by atoms with Crippen molar-refractivity contribution in [2.45, 2.75) is 33.8 Å². The fraction of sp³-hybridized carbons (Fsp3) is 0.278. The molecule has 1 N–H and O–H groups in total. The van der Waals surface area contributed by atoms with E-state index >= 15 is 0 Å². The Bertz CT molecular complexity index is 916.